The van der Waals surface area contributed by atoms with Crippen LogP contribution in [0.5, 0.6) is 0 Å². The van der Waals surface area contributed by atoms with E-state index in [-0.39, 0.29) is 0 Å². The summed E-state index contributed by atoms with van der Waals surface area (Å²) in [5.41, 5.74) is 6.47. The lowest BCUT2D eigenvalue weighted by atomic mass is 10.0. The number of benzene rings is 3. The molecule has 0 saturated carbocycles. The monoisotopic (exact) mass is 369 g/mol. The van der Waals surface area contributed by atoms with Crippen LogP contribution in [0.25, 0.3) is 0 Å². The van der Waals surface area contributed by atoms with Crippen LogP contribution in [-0.4, -0.2) is 5.71 Å². The van der Waals surface area contributed by atoms with Crippen molar-refractivity contribution in [2.45, 2.75) is 0 Å². The highest BCUT2D eigenvalue weighted by Gasteiger charge is 2.08. The summed E-state index contributed by atoms with van der Waals surface area (Å²) in [6, 6.07) is 21.6. The first kappa shape index (κ1) is 17.1. The average Bonchev–Trinajstić information content (AvgIpc) is 2.65. The predicted molar refractivity (Wildman–Crippen MR) is 104 cm³/mol. The molecule has 3 aromatic carbocycles. The predicted octanol–water partition coefficient (Wildman–Crippen LogP) is 6.26. The van der Waals surface area contributed by atoms with Crippen molar-refractivity contribution >= 4 is 40.3 Å². The molecule has 25 heavy (non-hydrogen) atoms. The van der Waals surface area contributed by atoms with Gasteiger partial charge in [0.25, 0.3) is 0 Å². The molecule has 3 rings (SSSR count). The van der Waals surface area contributed by atoms with Crippen molar-refractivity contribution in [1.82, 2.24) is 0 Å². The molecule has 6 heteroatoms. The summed E-state index contributed by atoms with van der Waals surface area (Å²) in [5, 5.41) is 8.73. The third kappa shape index (κ3) is 4.44. The quantitative estimate of drug-likeness (QED) is 0.328. The zero-order valence-corrected chi connectivity index (χ0v) is 14.5. The zero-order chi connectivity index (χ0) is 17.6. The van der Waals surface area contributed by atoms with E-state index in [0.717, 1.165) is 16.8 Å². The summed E-state index contributed by atoms with van der Waals surface area (Å²) in [5.74, 6) is 0. The molecule has 0 atom stereocenters. The van der Waals surface area contributed by atoms with Crippen molar-refractivity contribution in [3.8, 4) is 0 Å². The molecule has 0 fully saturated rings. The van der Waals surface area contributed by atoms with Crippen molar-refractivity contribution in [2.24, 2.45) is 10.3 Å². The van der Waals surface area contributed by atoms with Gasteiger partial charge in [0.2, 0.25) is 0 Å². The molecule has 0 radical (unpaired) electrons. The fourth-order valence-corrected chi connectivity index (χ4v) is 2.52. The van der Waals surface area contributed by atoms with Crippen LogP contribution >= 0.6 is 23.2 Å². The van der Waals surface area contributed by atoms with Gasteiger partial charge in [0.15, 0.2) is 0 Å². The first-order valence-corrected chi connectivity index (χ1v) is 8.20. The molecule has 0 saturated heterocycles. The second kappa shape index (κ2) is 7.92. The lowest BCUT2D eigenvalue weighted by Crippen LogP contribution is -2.06. The topological polar surface area (TPSA) is 53.8 Å². The second-order valence-electron chi connectivity index (χ2n) is 5.23. The van der Waals surface area contributed by atoms with E-state index in [4.69, 9.17) is 23.2 Å². The van der Waals surface area contributed by atoms with Gasteiger partial charge in [0.1, 0.15) is 5.69 Å². The number of nitrogens with zero attached hydrogens (tertiary/aromatic N) is 2. The maximum atomic E-state index is 10.7. The molecule has 3 aromatic rings. The fraction of sp³-hybridized carbons (Fsp3) is 0. The van der Waals surface area contributed by atoms with Crippen molar-refractivity contribution in [3.05, 3.63) is 98.9 Å². The van der Waals surface area contributed by atoms with Crippen LogP contribution in [0.1, 0.15) is 11.1 Å². The molecule has 124 valence electrons. The number of halogens is 2. The Hall–Kier alpha value is -2.69. The number of nitroso groups, excluding NO2 is 1. The Bertz CT molecular complexity index is 859. The van der Waals surface area contributed by atoms with E-state index in [1.165, 1.54) is 0 Å². The van der Waals surface area contributed by atoms with Crippen LogP contribution in [0.3, 0.4) is 0 Å². The van der Waals surface area contributed by atoms with Crippen molar-refractivity contribution in [3.63, 3.8) is 0 Å². The molecule has 0 heterocycles. The molecule has 0 amide bonds. The van der Waals surface area contributed by atoms with E-state index >= 15 is 0 Å². The van der Waals surface area contributed by atoms with E-state index in [9.17, 15) is 4.91 Å². The first-order chi connectivity index (χ1) is 12.2. The highest BCUT2D eigenvalue weighted by molar-refractivity contribution is 6.31. The largest absolute Gasteiger partial charge is 0.278 e. The van der Waals surface area contributed by atoms with Gasteiger partial charge in [0.05, 0.1) is 11.4 Å². The lowest BCUT2D eigenvalue weighted by molar-refractivity contribution is 1.32. The molecule has 0 aliphatic rings. The molecule has 0 spiro atoms. The van der Waals surface area contributed by atoms with Crippen LogP contribution in [-0.2, 0) is 0 Å². The summed E-state index contributed by atoms with van der Waals surface area (Å²) >= 11 is 12.0. The summed E-state index contributed by atoms with van der Waals surface area (Å²) < 4.78 is 0. The normalized spacial score (nSPS) is 10.2. The number of rotatable bonds is 5. The minimum absolute atomic E-state index is 0.333. The minimum atomic E-state index is 0.333. The standard InChI is InChI=1S/C19H13Cl2N3O/c20-15-8-4-13(5-9-15)19(14-6-10-16(21)11-7-14)23-22-17-2-1-3-18(12-17)24-25/h1-12,22H. The first-order valence-electron chi connectivity index (χ1n) is 7.45. The Balaban J connectivity index is 1.98. The highest BCUT2D eigenvalue weighted by atomic mass is 35.5. The minimum Gasteiger partial charge on any atom is -0.278 e. The Morgan fingerprint density at radius 1 is 0.800 bits per heavy atom. The molecular weight excluding hydrogens is 357 g/mol. The number of anilines is 1. The van der Waals surface area contributed by atoms with E-state index < -0.39 is 0 Å². The van der Waals surface area contributed by atoms with Gasteiger partial charge in [-0.1, -0.05) is 53.5 Å². The Morgan fingerprint density at radius 3 is 1.88 bits per heavy atom. The number of hydrazone groups is 1. The Kier molecular flexibility index (Phi) is 5.43. The smallest absolute Gasteiger partial charge is 0.110 e. The lowest BCUT2D eigenvalue weighted by Gasteiger charge is -2.09. The SMILES string of the molecule is O=Nc1cccc(NN=C(c2ccc(Cl)cc2)c2ccc(Cl)cc2)c1. The zero-order valence-electron chi connectivity index (χ0n) is 13.0. The maximum absolute atomic E-state index is 10.7. The Morgan fingerprint density at radius 2 is 1.36 bits per heavy atom. The van der Waals surface area contributed by atoms with Crippen LogP contribution in [0.4, 0.5) is 11.4 Å². The number of hydrogen-bond acceptors (Lipinski definition) is 4. The summed E-state index contributed by atoms with van der Waals surface area (Å²) in [6.45, 7) is 0. The molecule has 4 nitrogen and oxygen atoms in total. The van der Waals surface area contributed by atoms with Gasteiger partial charge in [-0.15, -0.1) is 4.91 Å². The Labute approximate surface area is 155 Å². The van der Waals surface area contributed by atoms with E-state index in [0.29, 0.717) is 21.4 Å². The van der Waals surface area contributed by atoms with Crippen LogP contribution in [0, 0.1) is 4.91 Å². The van der Waals surface area contributed by atoms with E-state index in [1.54, 1.807) is 48.5 Å². The van der Waals surface area contributed by atoms with Crippen LogP contribution in [0.2, 0.25) is 10.0 Å². The molecule has 0 aliphatic heterocycles. The van der Waals surface area contributed by atoms with E-state index in [2.05, 4.69) is 15.7 Å². The second-order valence-corrected chi connectivity index (χ2v) is 6.10. The van der Waals surface area contributed by atoms with Gasteiger partial charge in [-0.05, 0) is 47.6 Å². The van der Waals surface area contributed by atoms with Crippen molar-refractivity contribution in [2.75, 3.05) is 5.43 Å². The van der Waals surface area contributed by atoms with Gasteiger partial charge in [-0.2, -0.15) is 5.10 Å². The molecule has 1 N–H and O–H groups in total. The molecule has 0 aliphatic carbocycles. The fourth-order valence-electron chi connectivity index (χ4n) is 2.26. The molecular formula is C19H13Cl2N3O. The van der Waals surface area contributed by atoms with Crippen molar-refractivity contribution < 1.29 is 0 Å². The van der Waals surface area contributed by atoms with Gasteiger partial charge >= 0.3 is 0 Å². The van der Waals surface area contributed by atoms with Gasteiger partial charge in [-0.3, -0.25) is 5.43 Å². The summed E-state index contributed by atoms with van der Waals surface area (Å²) in [4.78, 5) is 10.7. The summed E-state index contributed by atoms with van der Waals surface area (Å²) in [7, 11) is 0. The van der Waals surface area contributed by atoms with Gasteiger partial charge in [-0.25, -0.2) is 0 Å². The van der Waals surface area contributed by atoms with Gasteiger partial charge < -0.3 is 0 Å². The molecule has 0 unspecified atom stereocenters. The molecule has 0 aromatic heterocycles. The average molecular weight is 370 g/mol. The van der Waals surface area contributed by atoms with Crippen LogP contribution in [0.15, 0.2) is 83.1 Å². The summed E-state index contributed by atoms with van der Waals surface area (Å²) in [6.07, 6.45) is 0. The third-order valence-corrected chi connectivity index (χ3v) is 3.99. The van der Waals surface area contributed by atoms with E-state index in [1.807, 2.05) is 24.3 Å². The maximum Gasteiger partial charge on any atom is 0.110 e. The van der Waals surface area contributed by atoms with Gasteiger partial charge in [0, 0.05) is 21.2 Å². The number of nitrogens with one attached hydrogen (secondary N) is 1. The van der Waals surface area contributed by atoms with Crippen molar-refractivity contribution in [1.29, 1.82) is 0 Å². The van der Waals surface area contributed by atoms with Crippen LogP contribution < -0.4 is 5.43 Å². The molecule has 0 bridgehead atoms. The number of hydrogen-bond donors (Lipinski definition) is 1. The highest BCUT2D eigenvalue weighted by Crippen LogP contribution is 2.20. The third-order valence-electron chi connectivity index (χ3n) is 3.48.